The number of hydrogen-bond acceptors (Lipinski definition) is 3. The van der Waals surface area contributed by atoms with Crippen molar-refractivity contribution in [1.82, 2.24) is 5.32 Å². The number of hydrogen-bond donors (Lipinski definition) is 1. The summed E-state index contributed by atoms with van der Waals surface area (Å²) >= 11 is 5.82. The Labute approximate surface area is 141 Å². The zero-order chi connectivity index (χ0) is 16.5. The predicted octanol–water partition coefficient (Wildman–Crippen LogP) is 3.36. The lowest BCUT2D eigenvalue weighted by Gasteiger charge is -2.04. The molecule has 0 saturated heterocycles. The molecular formula is C18H19ClN2O2. The van der Waals surface area contributed by atoms with Crippen molar-refractivity contribution in [3.05, 3.63) is 70.2 Å². The van der Waals surface area contributed by atoms with Crippen LogP contribution in [0.5, 0.6) is 0 Å². The van der Waals surface area contributed by atoms with Crippen molar-refractivity contribution in [2.45, 2.75) is 13.3 Å². The van der Waals surface area contributed by atoms with Crippen LogP contribution in [-0.2, 0) is 16.1 Å². The molecule has 2 aromatic rings. The summed E-state index contributed by atoms with van der Waals surface area (Å²) in [5.41, 5.74) is 3.23. The maximum atomic E-state index is 11.6. The molecule has 23 heavy (non-hydrogen) atoms. The average molecular weight is 331 g/mol. The van der Waals surface area contributed by atoms with E-state index in [1.807, 2.05) is 55.5 Å². The lowest BCUT2D eigenvalue weighted by molar-refractivity contribution is -0.125. The van der Waals surface area contributed by atoms with Crippen LogP contribution in [0.25, 0.3) is 0 Å². The normalized spacial score (nSPS) is 10.7. The Morgan fingerprint density at radius 1 is 1.17 bits per heavy atom. The van der Waals surface area contributed by atoms with Crippen molar-refractivity contribution in [2.75, 3.05) is 13.2 Å². The number of halogens is 1. The molecular weight excluding hydrogens is 312 g/mol. The van der Waals surface area contributed by atoms with E-state index in [1.54, 1.807) is 6.21 Å². The van der Waals surface area contributed by atoms with Gasteiger partial charge in [0.15, 0.2) is 6.61 Å². The Hall–Kier alpha value is -2.33. The zero-order valence-electron chi connectivity index (χ0n) is 13.0. The third-order valence-electron chi connectivity index (χ3n) is 3.20. The van der Waals surface area contributed by atoms with Crippen LogP contribution in [-0.4, -0.2) is 25.3 Å². The van der Waals surface area contributed by atoms with Crippen molar-refractivity contribution < 1.29 is 9.63 Å². The lowest BCUT2D eigenvalue weighted by Crippen LogP contribution is -2.28. The Morgan fingerprint density at radius 3 is 2.57 bits per heavy atom. The summed E-state index contributed by atoms with van der Waals surface area (Å²) in [4.78, 5) is 16.6. The zero-order valence-corrected chi connectivity index (χ0v) is 13.7. The third kappa shape index (κ3) is 6.53. The smallest absolute Gasteiger partial charge is 0.260 e. The fourth-order valence-electron chi connectivity index (χ4n) is 1.89. The molecule has 1 amide bonds. The first-order chi connectivity index (χ1) is 11.1. The van der Waals surface area contributed by atoms with Crippen LogP contribution < -0.4 is 5.32 Å². The molecule has 120 valence electrons. The predicted molar refractivity (Wildman–Crippen MR) is 92.9 cm³/mol. The molecule has 5 heteroatoms. The van der Waals surface area contributed by atoms with Crippen LogP contribution in [0, 0.1) is 6.92 Å². The minimum absolute atomic E-state index is 0.0943. The third-order valence-corrected chi connectivity index (χ3v) is 3.45. The summed E-state index contributed by atoms with van der Waals surface area (Å²) < 4.78 is 0. The van der Waals surface area contributed by atoms with Crippen molar-refractivity contribution >= 4 is 23.7 Å². The fraction of sp³-hybridized carbons (Fsp3) is 0.222. The summed E-state index contributed by atoms with van der Waals surface area (Å²) in [6.45, 7) is 2.47. The maximum Gasteiger partial charge on any atom is 0.260 e. The molecule has 0 bridgehead atoms. The van der Waals surface area contributed by atoms with Gasteiger partial charge in [-0.25, -0.2) is 0 Å². The molecule has 2 rings (SSSR count). The van der Waals surface area contributed by atoms with E-state index in [0.717, 1.165) is 17.5 Å². The molecule has 0 unspecified atom stereocenters. The summed E-state index contributed by atoms with van der Waals surface area (Å²) in [6, 6.07) is 15.4. The number of nitrogens with one attached hydrogen (secondary N) is 1. The minimum Gasteiger partial charge on any atom is -0.386 e. The molecule has 0 spiro atoms. The van der Waals surface area contributed by atoms with Crippen LogP contribution >= 0.6 is 11.6 Å². The largest absolute Gasteiger partial charge is 0.386 e. The topological polar surface area (TPSA) is 50.7 Å². The van der Waals surface area contributed by atoms with Crippen molar-refractivity contribution in [1.29, 1.82) is 0 Å². The highest BCUT2D eigenvalue weighted by Gasteiger charge is 2.01. The van der Waals surface area contributed by atoms with Gasteiger partial charge in [0.1, 0.15) is 0 Å². The van der Waals surface area contributed by atoms with E-state index in [0.29, 0.717) is 11.6 Å². The van der Waals surface area contributed by atoms with Crippen LogP contribution in [0.4, 0.5) is 0 Å². The van der Waals surface area contributed by atoms with Crippen molar-refractivity contribution in [3.8, 4) is 0 Å². The molecule has 0 aromatic heterocycles. The number of amides is 1. The van der Waals surface area contributed by atoms with E-state index in [2.05, 4.69) is 10.5 Å². The second kappa shape index (κ2) is 8.96. The van der Waals surface area contributed by atoms with E-state index in [1.165, 1.54) is 5.56 Å². The van der Waals surface area contributed by atoms with Gasteiger partial charge in [0.05, 0.1) is 6.21 Å². The van der Waals surface area contributed by atoms with Gasteiger partial charge in [-0.3, -0.25) is 4.79 Å². The standard InChI is InChI=1S/C18H19ClN2O2/c1-14-2-4-16(5-3-14)12-21-23-13-18(22)20-11-10-15-6-8-17(19)9-7-15/h2-9,12H,10-11,13H2,1H3,(H,20,22)/b21-12-. The fourth-order valence-corrected chi connectivity index (χ4v) is 2.02. The SMILES string of the molecule is Cc1ccc(/C=N\OCC(=O)NCCc2ccc(Cl)cc2)cc1. The van der Waals surface area contributed by atoms with E-state index in [9.17, 15) is 4.79 Å². The molecule has 0 saturated carbocycles. The number of carbonyl (C=O) groups is 1. The van der Waals surface area contributed by atoms with Gasteiger partial charge >= 0.3 is 0 Å². The monoisotopic (exact) mass is 330 g/mol. The van der Waals surface area contributed by atoms with Gasteiger partial charge in [0.2, 0.25) is 0 Å². The van der Waals surface area contributed by atoms with E-state index in [4.69, 9.17) is 16.4 Å². The average Bonchev–Trinajstić information content (AvgIpc) is 2.55. The first-order valence-electron chi connectivity index (χ1n) is 7.36. The maximum absolute atomic E-state index is 11.6. The van der Waals surface area contributed by atoms with Crippen LogP contribution in [0.3, 0.4) is 0 Å². The van der Waals surface area contributed by atoms with E-state index >= 15 is 0 Å². The molecule has 0 fully saturated rings. The van der Waals surface area contributed by atoms with Gasteiger partial charge in [0.25, 0.3) is 5.91 Å². The Bertz CT molecular complexity index is 652. The number of oxime groups is 1. The minimum atomic E-state index is -0.194. The Balaban J connectivity index is 1.63. The highest BCUT2D eigenvalue weighted by atomic mass is 35.5. The van der Waals surface area contributed by atoms with Gasteiger partial charge < -0.3 is 10.2 Å². The second-order valence-electron chi connectivity index (χ2n) is 5.15. The van der Waals surface area contributed by atoms with E-state index in [-0.39, 0.29) is 12.5 Å². The molecule has 2 aromatic carbocycles. The number of nitrogens with zero attached hydrogens (tertiary/aromatic N) is 1. The van der Waals surface area contributed by atoms with Crippen molar-refractivity contribution in [2.24, 2.45) is 5.16 Å². The molecule has 0 radical (unpaired) electrons. The van der Waals surface area contributed by atoms with Crippen LogP contribution in [0.15, 0.2) is 53.7 Å². The summed E-state index contributed by atoms with van der Waals surface area (Å²) in [7, 11) is 0. The summed E-state index contributed by atoms with van der Waals surface area (Å²) in [5, 5.41) is 7.27. The number of benzene rings is 2. The first kappa shape index (κ1) is 17.0. The molecule has 0 aliphatic rings. The molecule has 0 atom stereocenters. The van der Waals surface area contributed by atoms with E-state index < -0.39 is 0 Å². The molecule has 1 N–H and O–H groups in total. The summed E-state index contributed by atoms with van der Waals surface area (Å²) in [6.07, 6.45) is 2.33. The number of aryl methyl sites for hydroxylation is 1. The molecule has 0 aliphatic heterocycles. The van der Waals surface area contributed by atoms with Gasteiger partial charge in [-0.1, -0.05) is 58.7 Å². The van der Waals surface area contributed by atoms with Gasteiger partial charge in [-0.2, -0.15) is 0 Å². The van der Waals surface area contributed by atoms with Gasteiger partial charge in [0, 0.05) is 11.6 Å². The number of carbonyl (C=O) groups excluding carboxylic acids is 1. The summed E-state index contributed by atoms with van der Waals surface area (Å²) in [5.74, 6) is -0.194. The Kier molecular flexibility index (Phi) is 6.63. The van der Waals surface area contributed by atoms with Crippen LogP contribution in [0.1, 0.15) is 16.7 Å². The molecule has 0 heterocycles. The second-order valence-corrected chi connectivity index (χ2v) is 5.58. The highest BCUT2D eigenvalue weighted by molar-refractivity contribution is 6.30. The van der Waals surface area contributed by atoms with Crippen molar-refractivity contribution in [3.63, 3.8) is 0 Å². The molecule has 0 aliphatic carbocycles. The number of rotatable bonds is 7. The lowest BCUT2D eigenvalue weighted by atomic mass is 10.1. The quantitative estimate of drug-likeness (QED) is 0.625. The molecule has 4 nitrogen and oxygen atoms in total. The first-order valence-corrected chi connectivity index (χ1v) is 7.74. The van der Waals surface area contributed by atoms with Crippen LogP contribution in [0.2, 0.25) is 5.02 Å². The van der Waals surface area contributed by atoms with Gasteiger partial charge in [-0.15, -0.1) is 0 Å². The Morgan fingerprint density at radius 2 is 1.87 bits per heavy atom. The van der Waals surface area contributed by atoms with Gasteiger partial charge in [-0.05, 0) is 36.6 Å². The highest BCUT2D eigenvalue weighted by Crippen LogP contribution is 2.09.